The van der Waals surface area contributed by atoms with E-state index < -0.39 is 17.5 Å². The number of hydrogen-bond donors (Lipinski definition) is 1. The third kappa shape index (κ3) is 3.15. The number of aromatic hydroxyl groups is 1. The van der Waals surface area contributed by atoms with Gasteiger partial charge in [0.1, 0.15) is 11.3 Å². The minimum Gasteiger partial charge on any atom is -0.507 e. The molecule has 2 heterocycles. The van der Waals surface area contributed by atoms with Crippen LogP contribution in [0.2, 0.25) is 0 Å². The summed E-state index contributed by atoms with van der Waals surface area (Å²) in [4.78, 5) is 8.69. The molecule has 0 radical (unpaired) electrons. The van der Waals surface area contributed by atoms with Gasteiger partial charge in [-0.05, 0) is 43.9 Å². The largest absolute Gasteiger partial charge is 0.507 e. The molecule has 9 heteroatoms. The number of nitriles is 1. The SMILES string of the molecule is Cc1cc(C(F)(F)F)cc(O)c1-c1cnc2cn([C@H]3CCC(C#N)C3)nc2n1. The maximum atomic E-state index is 12.9. The third-order valence-electron chi connectivity index (χ3n) is 5.11. The van der Waals surface area contributed by atoms with Gasteiger partial charge in [0, 0.05) is 11.5 Å². The van der Waals surface area contributed by atoms with Crippen LogP contribution in [0.3, 0.4) is 0 Å². The Morgan fingerprint density at radius 1 is 1.29 bits per heavy atom. The normalized spacial score (nSPS) is 19.8. The average Bonchev–Trinajstić information content (AvgIpc) is 3.26. The molecular formula is C19H16F3N5O. The van der Waals surface area contributed by atoms with Crippen molar-refractivity contribution >= 4 is 11.2 Å². The van der Waals surface area contributed by atoms with Crippen LogP contribution < -0.4 is 0 Å². The molecule has 0 spiro atoms. The lowest BCUT2D eigenvalue weighted by Gasteiger charge is -2.12. The monoisotopic (exact) mass is 387 g/mol. The van der Waals surface area contributed by atoms with Gasteiger partial charge in [-0.2, -0.15) is 23.5 Å². The summed E-state index contributed by atoms with van der Waals surface area (Å²) in [5, 5.41) is 23.7. The third-order valence-corrected chi connectivity index (χ3v) is 5.11. The van der Waals surface area contributed by atoms with Gasteiger partial charge >= 0.3 is 6.18 Å². The minimum absolute atomic E-state index is 0.0144. The quantitative estimate of drug-likeness (QED) is 0.705. The molecule has 0 saturated heterocycles. The van der Waals surface area contributed by atoms with Crippen LogP contribution in [0.15, 0.2) is 24.5 Å². The highest BCUT2D eigenvalue weighted by Crippen LogP contribution is 2.39. The smallest absolute Gasteiger partial charge is 0.416 e. The van der Waals surface area contributed by atoms with Crippen molar-refractivity contribution in [1.29, 1.82) is 5.26 Å². The van der Waals surface area contributed by atoms with Crippen molar-refractivity contribution in [3.63, 3.8) is 0 Å². The standard InChI is InChI=1S/C19H16F3N5O/c1-10-4-12(19(20,21)22)6-16(28)17(10)14-8-24-15-9-27(26-18(15)25-14)13-3-2-11(5-13)7-23/h4,6,8-9,11,13,28H,2-3,5H2,1H3/t11?,13-/m0/s1. The molecule has 1 N–H and O–H groups in total. The Labute approximate surface area is 158 Å². The molecule has 1 aliphatic carbocycles. The first-order valence-electron chi connectivity index (χ1n) is 8.79. The van der Waals surface area contributed by atoms with Gasteiger partial charge in [0.05, 0.1) is 35.8 Å². The van der Waals surface area contributed by atoms with E-state index in [2.05, 4.69) is 21.1 Å². The van der Waals surface area contributed by atoms with E-state index in [-0.39, 0.29) is 28.8 Å². The fourth-order valence-corrected chi connectivity index (χ4v) is 3.71. The van der Waals surface area contributed by atoms with Crippen molar-refractivity contribution in [1.82, 2.24) is 19.7 Å². The number of alkyl halides is 3. The summed E-state index contributed by atoms with van der Waals surface area (Å²) in [6.45, 7) is 1.48. The molecule has 1 fully saturated rings. The molecule has 4 rings (SSSR count). The van der Waals surface area contributed by atoms with Crippen LogP contribution in [0.1, 0.15) is 36.4 Å². The number of phenols is 1. The molecule has 144 valence electrons. The number of aryl methyl sites for hydroxylation is 1. The summed E-state index contributed by atoms with van der Waals surface area (Å²) in [7, 11) is 0. The van der Waals surface area contributed by atoms with Crippen LogP contribution in [0, 0.1) is 24.2 Å². The summed E-state index contributed by atoms with van der Waals surface area (Å²) in [5.41, 5.74) is 0.667. The van der Waals surface area contributed by atoms with Crippen LogP contribution in [0.4, 0.5) is 13.2 Å². The van der Waals surface area contributed by atoms with Gasteiger partial charge < -0.3 is 5.11 Å². The number of hydrogen-bond acceptors (Lipinski definition) is 5. The molecule has 2 aromatic heterocycles. The number of benzene rings is 1. The van der Waals surface area contributed by atoms with Crippen molar-refractivity contribution in [2.75, 3.05) is 0 Å². The second-order valence-corrected chi connectivity index (χ2v) is 7.05. The molecule has 1 unspecified atom stereocenters. The molecule has 0 amide bonds. The van der Waals surface area contributed by atoms with E-state index in [0.717, 1.165) is 25.3 Å². The topological polar surface area (TPSA) is 87.6 Å². The number of fused-ring (bicyclic) bond motifs is 1. The summed E-state index contributed by atoms with van der Waals surface area (Å²) in [5.74, 6) is -0.492. The number of halogens is 3. The fourth-order valence-electron chi connectivity index (χ4n) is 3.71. The molecule has 1 aliphatic rings. The predicted molar refractivity (Wildman–Crippen MR) is 94.2 cm³/mol. The average molecular weight is 387 g/mol. The molecule has 6 nitrogen and oxygen atoms in total. The van der Waals surface area contributed by atoms with Crippen LogP contribution in [0.25, 0.3) is 22.4 Å². The maximum Gasteiger partial charge on any atom is 0.416 e. The van der Waals surface area contributed by atoms with E-state index in [1.54, 1.807) is 10.9 Å². The lowest BCUT2D eigenvalue weighted by Crippen LogP contribution is -2.06. The number of rotatable bonds is 2. The van der Waals surface area contributed by atoms with E-state index in [1.165, 1.54) is 13.1 Å². The highest BCUT2D eigenvalue weighted by Gasteiger charge is 2.32. The first-order chi connectivity index (χ1) is 13.3. The van der Waals surface area contributed by atoms with E-state index in [4.69, 9.17) is 5.26 Å². The Morgan fingerprint density at radius 3 is 2.71 bits per heavy atom. The summed E-state index contributed by atoms with van der Waals surface area (Å²) >= 11 is 0. The van der Waals surface area contributed by atoms with Crippen LogP contribution in [0.5, 0.6) is 5.75 Å². The van der Waals surface area contributed by atoms with Crippen molar-refractivity contribution in [3.05, 3.63) is 35.7 Å². The van der Waals surface area contributed by atoms with Crippen LogP contribution in [-0.2, 0) is 6.18 Å². The Kier molecular flexibility index (Phi) is 4.22. The van der Waals surface area contributed by atoms with E-state index in [0.29, 0.717) is 17.2 Å². The van der Waals surface area contributed by atoms with Gasteiger partial charge in [-0.3, -0.25) is 4.68 Å². The molecule has 0 aliphatic heterocycles. The number of aromatic nitrogens is 4. The summed E-state index contributed by atoms with van der Waals surface area (Å²) in [6.07, 6.45) is 1.01. The Bertz CT molecular complexity index is 1080. The summed E-state index contributed by atoms with van der Waals surface area (Å²) in [6, 6.07) is 4.04. The van der Waals surface area contributed by atoms with Crippen molar-refractivity contribution in [3.8, 4) is 23.1 Å². The van der Waals surface area contributed by atoms with Gasteiger partial charge in [0.15, 0.2) is 5.65 Å². The molecule has 1 saturated carbocycles. The fraction of sp³-hybridized carbons (Fsp3) is 0.368. The number of nitrogens with zero attached hydrogens (tertiary/aromatic N) is 5. The van der Waals surface area contributed by atoms with Crippen molar-refractivity contribution in [2.45, 2.75) is 38.4 Å². The maximum absolute atomic E-state index is 12.9. The zero-order valence-electron chi connectivity index (χ0n) is 14.9. The molecular weight excluding hydrogens is 371 g/mol. The Morgan fingerprint density at radius 2 is 2.07 bits per heavy atom. The molecule has 3 aromatic rings. The van der Waals surface area contributed by atoms with Gasteiger partial charge in [-0.1, -0.05) is 0 Å². The molecule has 1 aromatic carbocycles. The zero-order chi connectivity index (χ0) is 20.1. The van der Waals surface area contributed by atoms with E-state index in [9.17, 15) is 18.3 Å². The van der Waals surface area contributed by atoms with Gasteiger partial charge in [-0.25, -0.2) is 9.97 Å². The number of phenolic OH excluding ortho intramolecular Hbond substituents is 1. The van der Waals surface area contributed by atoms with E-state index in [1.807, 2.05) is 0 Å². The van der Waals surface area contributed by atoms with Crippen molar-refractivity contribution < 1.29 is 18.3 Å². The van der Waals surface area contributed by atoms with Gasteiger partial charge in [0.2, 0.25) is 0 Å². The minimum atomic E-state index is -4.54. The van der Waals surface area contributed by atoms with Crippen LogP contribution >= 0.6 is 0 Å². The lowest BCUT2D eigenvalue weighted by molar-refractivity contribution is -0.137. The van der Waals surface area contributed by atoms with E-state index >= 15 is 0 Å². The second kappa shape index (κ2) is 6.48. The second-order valence-electron chi connectivity index (χ2n) is 7.05. The highest BCUT2D eigenvalue weighted by molar-refractivity contribution is 5.77. The Balaban J connectivity index is 1.72. The highest BCUT2D eigenvalue weighted by atomic mass is 19.4. The molecule has 0 bridgehead atoms. The lowest BCUT2D eigenvalue weighted by atomic mass is 10.0. The first-order valence-corrected chi connectivity index (χ1v) is 8.79. The van der Waals surface area contributed by atoms with Crippen LogP contribution in [-0.4, -0.2) is 24.9 Å². The van der Waals surface area contributed by atoms with Crippen molar-refractivity contribution in [2.24, 2.45) is 5.92 Å². The first kappa shape index (κ1) is 18.2. The Hall–Kier alpha value is -3.15. The molecule has 28 heavy (non-hydrogen) atoms. The van der Waals surface area contributed by atoms with Gasteiger partial charge in [0.25, 0.3) is 0 Å². The zero-order valence-corrected chi connectivity index (χ0v) is 14.9. The summed E-state index contributed by atoms with van der Waals surface area (Å²) < 4.78 is 40.5. The predicted octanol–water partition coefficient (Wildman–Crippen LogP) is 4.39. The van der Waals surface area contributed by atoms with Gasteiger partial charge in [-0.15, -0.1) is 0 Å². The molecule has 2 atom stereocenters.